The van der Waals surface area contributed by atoms with Gasteiger partial charge in [0.15, 0.2) is 0 Å². The maximum atomic E-state index is 12.2. The predicted octanol–water partition coefficient (Wildman–Crippen LogP) is 3.30. The zero-order valence-electron chi connectivity index (χ0n) is 13.4. The molecule has 4 aromatic rings. The maximum Gasteiger partial charge on any atom is 0.249 e. The molecule has 0 bridgehead atoms. The number of furan rings is 1. The molecule has 0 unspecified atom stereocenters. The standard InChI is InChI=1S/C18H15N5O2/c1-12-11-16(21-17(24)9-8-13-5-4-10-25-13)23(22-12)18-19-14-6-2-3-7-15(14)20-18/h2-11H,1H3,(H,19,20)(H,21,24). The Bertz CT molecular complexity index is 1020. The van der Waals surface area contributed by atoms with E-state index in [1.165, 1.54) is 6.08 Å². The first-order valence-corrected chi connectivity index (χ1v) is 7.73. The Balaban J connectivity index is 1.61. The number of fused-ring (bicyclic) bond motifs is 1. The molecule has 0 saturated carbocycles. The average Bonchev–Trinajstić information content (AvgIpc) is 3.32. The second kappa shape index (κ2) is 6.12. The summed E-state index contributed by atoms with van der Waals surface area (Å²) in [4.78, 5) is 19.9. The highest BCUT2D eigenvalue weighted by Crippen LogP contribution is 2.18. The lowest BCUT2D eigenvalue weighted by atomic mass is 10.3. The van der Waals surface area contributed by atoms with E-state index in [1.807, 2.05) is 31.2 Å². The maximum absolute atomic E-state index is 12.2. The van der Waals surface area contributed by atoms with Crippen LogP contribution < -0.4 is 5.32 Å². The molecule has 2 N–H and O–H groups in total. The van der Waals surface area contributed by atoms with E-state index in [1.54, 1.807) is 35.2 Å². The second-order valence-electron chi connectivity index (χ2n) is 5.50. The predicted molar refractivity (Wildman–Crippen MR) is 94.3 cm³/mol. The number of rotatable bonds is 4. The number of aryl methyl sites for hydroxylation is 1. The quantitative estimate of drug-likeness (QED) is 0.561. The third-order valence-electron chi connectivity index (χ3n) is 3.60. The summed E-state index contributed by atoms with van der Waals surface area (Å²) in [5.41, 5.74) is 2.51. The molecule has 7 nitrogen and oxygen atoms in total. The van der Waals surface area contributed by atoms with Gasteiger partial charge in [-0.3, -0.25) is 4.79 Å². The highest BCUT2D eigenvalue weighted by molar-refractivity contribution is 6.01. The zero-order valence-corrected chi connectivity index (χ0v) is 13.4. The minimum atomic E-state index is -0.284. The van der Waals surface area contributed by atoms with Crippen molar-refractivity contribution in [2.24, 2.45) is 0 Å². The van der Waals surface area contributed by atoms with Crippen molar-refractivity contribution in [1.29, 1.82) is 0 Å². The first-order chi connectivity index (χ1) is 12.2. The Kier molecular flexibility index (Phi) is 3.66. The van der Waals surface area contributed by atoms with E-state index in [0.717, 1.165) is 16.7 Å². The van der Waals surface area contributed by atoms with Gasteiger partial charge >= 0.3 is 0 Å². The van der Waals surface area contributed by atoms with Gasteiger partial charge in [-0.25, -0.2) is 4.98 Å². The van der Waals surface area contributed by atoms with Gasteiger partial charge in [0.05, 0.1) is 23.0 Å². The molecule has 4 rings (SSSR count). The Hall–Kier alpha value is -3.61. The van der Waals surface area contributed by atoms with Gasteiger partial charge in [-0.05, 0) is 37.3 Å². The van der Waals surface area contributed by atoms with Crippen LogP contribution in [0.3, 0.4) is 0 Å². The third-order valence-corrected chi connectivity index (χ3v) is 3.60. The van der Waals surface area contributed by atoms with Crippen LogP contribution in [0.2, 0.25) is 0 Å². The molecule has 0 aliphatic rings. The van der Waals surface area contributed by atoms with Crippen molar-refractivity contribution in [2.75, 3.05) is 5.32 Å². The number of benzene rings is 1. The number of anilines is 1. The number of carbonyl (C=O) groups is 1. The summed E-state index contributed by atoms with van der Waals surface area (Å²) in [6.45, 7) is 1.85. The lowest BCUT2D eigenvalue weighted by Crippen LogP contribution is -2.13. The molecule has 0 saturated heterocycles. The summed E-state index contributed by atoms with van der Waals surface area (Å²) >= 11 is 0. The molecule has 0 atom stereocenters. The SMILES string of the molecule is Cc1cc(NC(=O)C=Cc2ccco2)n(-c2nc3ccccc3[nH]2)n1. The molecule has 0 radical (unpaired) electrons. The summed E-state index contributed by atoms with van der Waals surface area (Å²) in [6, 6.07) is 13.0. The van der Waals surface area contributed by atoms with Crippen LogP contribution in [0.5, 0.6) is 0 Å². The molecule has 25 heavy (non-hydrogen) atoms. The second-order valence-corrected chi connectivity index (χ2v) is 5.50. The number of H-pyrrole nitrogens is 1. The van der Waals surface area contributed by atoms with Crippen molar-refractivity contribution >= 4 is 28.8 Å². The number of nitrogens with one attached hydrogen (secondary N) is 2. The van der Waals surface area contributed by atoms with Crippen molar-refractivity contribution in [2.45, 2.75) is 6.92 Å². The number of amides is 1. The molecule has 1 aromatic carbocycles. The number of hydrogen-bond donors (Lipinski definition) is 2. The van der Waals surface area contributed by atoms with Gasteiger partial charge in [-0.1, -0.05) is 12.1 Å². The molecular formula is C18H15N5O2. The van der Waals surface area contributed by atoms with E-state index in [0.29, 0.717) is 17.5 Å². The fourth-order valence-electron chi connectivity index (χ4n) is 2.50. The Labute approximate surface area is 143 Å². The number of aromatic nitrogens is 4. The summed E-state index contributed by atoms with van der Waals surface area (Å²) in [7, 11) is 0. The lowest BCUT2D eigenvalue weighted by Gasteiger charge is -2.04. The number of carbonyl (C=O) groups excluding carboxylic acids is 1. The Morgan fingerprint density at radius 3 is 2.96 bits per heavy atom. The number of nitrogens with zero attached hydrogens (tertiary/aromatic N) is 3. The van der Waals surface area contributed by atoms with E-state index >= 15 is 0 Å². The number of aromatic amines is 1. The van der Waals surface area contributed by atoms with Crippen LogP contribution >= 0.6 is 0 Å². The normalized spacial score (nSPS) is 11.4. The van der Waals surface area contributed by atoms with Crippen LogP contribution in [0.1, 0.15) is 11.5 Å². The molecular weight excluding hydrogens is 318 g/mol. The van der Waals surface area contributed by atoms with Crippen LogP contribution in [-0.4, -0.2) is 25.7 Å². The summed E-state index contributed by atoms with van der Waals surface area (Å²) < 4.78 is 6.74. The molecule has 0 aliphatic carbocycles. The van der Waals surface area contributed by atoms with Crippen LogP contribution in [0.15, 0.2) is 59.2 Å². The Morgan fingerprint density at radius 1 is 1.28 bits per heavy atom. The largest absolute Gasteiger partial charge is 0.465 e. The van der Waals surface area contributed by atoms with E-state index in [9.17, 15) is 4.79 Å². The molecule has 3 aromatic heterocycles. The van der Waals surface area contributed by atoms with Gasteiger partial charge in [-0.2, -0.15) is 9.78 Å². The van der Waals surface area contributed by atoms with Crippen LogP contribution in [0, 0.1) is 6.92 Å². The summed E-state index contributed by atoms with van der Waals surface area (Å²) in [6.07, 6.45) is 4.56. The van der Waals surface area contributed by atoms with Crippen molar-refractivity contribution in [3.63, 3.8) is 0 Å². The van der Waals surface area contributed by atoms with Gasteiger partial charge < -0.3 is 14.7 Å². The van der Waals surface area contributed by atoms with Crippen molar-refractivity contribution < 1.29 is 9.21 Å². The molecule has 3 heterocycles. The summed E-state index contributed by atoms with van der Waals surface area (Å²) in [5.74, 6) is 1.40. The highest BCUT2D eigenvalue weighted by Gasteiger charge is 2.13. The minimum Gasteiger partial charge on any atom is -0.465 e. The molecule has 1 amide bonds. The van der Waals surface area contributed by atoms with E-state index in [4.69, 9.17) is 4.42 Å². The molecule has 0 fully saturated rings. The number of para-hydroxylation sites is 2. The molecule has 0 aliphatic heterocycles. The fourth-order valence-corrected chi connectivity index (χ4v) is 2.50. The number of hydrogen-bond acceptors (Lipinski definition) is 4. The van der Waals surface area contributed by atoms with Crippen LogP contribution in [0.25, 0.3) is 23.1 Å². The van der Waals surface area contributed by atoms with Gasteiger partial charge in [0.25, 0.3) is 0 Å². The van der Waals surface area contributed by atoms with Crippen molar-refractivity contribution in [1.82, 2.24) is 19.7 Å². The number of imidazole rings is 1. The lowest BCUT2D eigenvalue weighted by molar-refractivity contribution is -0.111. The summed E-state index contributed by atoms with van der Waals surface area (Å²) in [5, 5.41) is 7.21. The topological polar surface area (TPSA) is 88.7 Å². The first-order valence-electron chi connectivity index (χ1n) is 7.73. The van der Waals surface area contributed by atoms with E-state index in [2.05, 4.69) is 20.4 Å². The molecule has 124 valence electrons. The highest BCUT2D eigenvalue weighted by atomic mass is 16.3. The average molecular weight is 333 g/mol. The van der Waals surface area contributed by atoms with E-state index in [-0.39, 0.29) is 5.91 Å². The van der Waals surface area contributed by atoms with Gasteiger partial charge in [0.1, 0.15) is 11.6 Å². The molecule has 0 spiro atoms. The van der Waals surface area contributed by atoms with Gasteiger partial charge in [0, 0.05) is 12.1 Å². The van der Waals surface area contributed by atoms with Crippen LogP contribution in [-0.2, 0) is 4.79 Å². The van der Waals surface area contributed by atoms with Crippen LogP contribution in [0.4, 0.5) is 5.82 Å². The van der Waals surface area contributed by atoms with E-state index < -0.39 is 0 Å². The smallest absolute Gasteiger partial charge is 0.249 e. The minimum absolute atomic E-state index is 0.284. The van der Waals surface area contributed by atoms with Gasteiger partial charge in [-0.15, -0.1) is 0 Å². The monoisotopic (exact) mass is 333 g/mol. The first kappa shape index (κ1) is 14.9. The third kappa shape index (κ3) is 3.07. The van der Waals surface area contributed by atoms with Gasteiger partial charge in [0.2, 0.25) is 11.9 Å². The van der Waals surface area contributed by atoms with Crippen molar-refractivity contribution in [3.05, 3.63) is 66.3 Å². The fraction of sp³-hybridized carbons (Fsp3) is 0.0556. The zero-order chi connectivity index (χ0) is 17.2. The van der Waals surface area contributed by atoms with Crippen molar-refractivity contribution in [3.8, 4) is 5.95 Å². The Morgan fingerprint density at radius 2 is 2.16 bits per heavy atom. The molecule has 7 heteroatoms.